The number of rotatable bonds is 4. The van der Waals surface area contributed by atoms with Crippen LogP contribution >= 0.6 is 11.8 Å². The van der Waals surface area contributed by atoms with Crippen LogP contribution in [-0.4, -0.2) is 42.1 Å². The molecule has 2 fully saturated rings. The molecule has 0 atom stereocenters. The molecule has 0 aromatic rings. The fraction of sp³-hybridized carbons (Fsp3) is 1.00. The van der Waals surface area contributed by atoms with E-state index in [9.17, 15) is 0 Å². The van der Waals surface area contributed by atoms with Gasteiger partial charge in [0.2, 0.25) is 0 Å². The van der Waals surface area contributed by atoms with Crippen LogP contribution in [0.1, 0.15) is 25.7 Å². The monoisotopic (exact) mass is 214 g/mol. The highest BCUT2D eigenvalue weighted by Gasteiger charge is 2.37. The Morgan fingerprint density at radius 3 is 2.50 bits per heavy atom. The molecule has 2 aliphatic rings. The molecule has 3 heteroatoms. The molecule has 1 saturated heterocycles. The van der Waals surface area contributed by atoms with E-state index in [1.165, 1.54) is 43.7 Å². The summed E-state index contributed by atoms with van der Waals surface area (Å²) < 4.78 is 0. The van der Waals surface area contributed by atoms with Gasteiger partial charge in [0.15, 0.2) is 0 Å². The smallest absolute Gasteiger partial charge is 0.0344 e. The first-order valence-electron chi connectivity index (χ1n) is 5.76. The van der Waals surface area contributed by atoms with Crippen molar-refractivity contribution in [3.63, 3.8) is 0 Å². The van der Waals surface area contributed by atoms with Gasteiger partial charge >= 0.3 is 0 Å². The van der Waals surface area contributed by atoms with E-state index >= 15 is 0 Å². The molecule has 2 nitrogen and oxygen atoms in total. The third-order valence-corrected chi connectivity index (χ3v) is 4.83. The fourth-order valence-electron chi connectivity index (χ4n) is 2.37. The summed E-state index contributed by atoms with van der Waals surface area (Å²) in [5, 5.41) is 0. The van der Waals surface area contributed by atoms with Crippen molar-refractivity contribution in [2.75, 3.05) is 31.6 Å². The van der Waals surface area contributed by atoms with Crippen LogP contribution in [0.25, 0.3) is 0 Å². The second-order valence-corrected chi connectivity index (χ2v) is 6.09. The summed E-state index contributed by atoms with van der Waals surface area (Å²) in [5.74, 6) is 3.58. The lowest BCUT2D eigenvalue weighted by Crippen LogP contribution is -2.54. The van der Waals surface area contributed by atoms with E-state index in [0.717, 1.165) is 12.5 Å². The lowest BCUT2D eigenvalue weighted by Gasteiger charge is -2.44. The van der Waals surface area contributed by atoms with Crippen molar-refractivity contribution in [3.05, 3.63) is 0 Å². The maximum absolute atomic E-state index is 5.98. The van der Waals surface area contributed by atoms with Crippen molar-refractivity contribution >= 4 is 11.8 Å². The molecule has 0 amide bonds. The molecule has 0 bridgehead atoms. The molecule has 14 heavy (non-hydrogen) atoms. The van der Waals surface area contributed by atoms with E-state index in [1.807, 2.05) is 0 Å². The minimum absolute atomic E-state index is 0.341. The standard InChI is InChI=1S/C11H22N2S/c1-13(8-10-2-3-10)11(9-12)4-6-14-7-5-11/h10H,2-9,12H2,1H3. The van der Waals surface area contributed by atoms with Crippen molar-refractivity contribution in [1.82, 2.24) is 4.90 Å². The molecule has 1 saturated carbocycles. The van der Waals surface area contributed by atoms with E-state index in [-0.39, 0.29) is 0 Å². The van der Waals surface area contributed by atoms with E-state index in [0.29, 0.717) is 5.54 Å². The van der Waals surface area contributed by atoms with Gasteiger partial charge < -0.3 is 5.73 Å². The summed E-state index contributed by atoms with van der Waals surface area (Å²) in [7, 11) is 2.28. The number of nitrogens with zero attached hydrogens (tertiary/aromatic N) is 1. The predicted molar refractivity (Wildman–Crippen MR) is 63.7 cm³/mol. The molecule has 0 aromatic carbocycles. The second kappa shape index (κ2) is 4.42. The lowest BCUT2D eigenvalue weighted by molar-refractivity contribution is 0.110. The van der Waals surface area contributed by atoms with Gasteiger partial charge in [-0.1, -0.05) is 0 Å². The van der Waals surface area contributed by atoms with Crippen LogP contribution in [0.3, 0.4) is 0 Å². The molecule has 0 unspecified atom stereocenters. The third kappa shape index (κ3) is 2.26. The molecule has 1 aliphatic carbocycles. The Morgan fingerprint density at radius 1 is 1.36 bits per heavy atom. The van der Waals surface area contributed by atoms with Gasteiger partial charge in [0, 0.05) is 18.6 Å². The number of nitrogens with two attached hydrogens (primary N) is 1. The summed E-state index contributed by atoms with van der Waals surface area (Å²) in [6.45, 7) is 2.12. The van der Waals surface area contributed by atoms with Crippen LogP contribution in [0, 0.1) is 5.92 Å². The Kier molecular flexibility index (Phi) is 3.40. The first-order chi connectivity index (χ1) is 6.77. The van der Waals surface area contributed by atoms with Crippen LogP contribution < -0.4 is 5.73 Å². The van der Waals surface area contributed by atoms with Crippen LogP contribution in [0.5, 0.6) is 0 Å². The molecule has 0 radical (unpaired) electrons. The van der Waals surface area contributed by atoms with Crippen LogP contribution in [-0.2, 0) is 0 Å². The maximum Gasteiger partial charge on any atom is 0.0344 e. The average molecular weight is 214 g/mol. The Labute approximate surface area is 91.6 Å². The van der Waals surface area contributed by atoms with Crippen molar-refractivity contribution in [2.45, 2.75) is 31.2 Å². The van der Waals surface area contributed by atoms with Gasteiger partial charge in [0.05, 0.1) is 0 Å². The van der Waals surface area contributed by atoms with Crippen molar-refractivity contribution in [1.29, 1.82) is 0 Å². The zero-order chi connectivity index (χ0) is 10.0. The van der Waals surface area contributed by atoms with Crippen LogP contribution in [0.15, 0.2) is 0 Å². The van der Waals surface area contributed by atoms with Crippen molar-refractivity contribution < 1.29 is 0 Å². The highest BCUT2D eigenvalue weighted by molar-refractivity contribution is 7.99. The highest BCUT2D eigenvalue weighted by atomic mass is 32.2. The molecule has 0 spiro atoms. The Balaban J connectivity index is 1.93. The van der Waals surface area contributed by atoms with Gasteiger partial charge in [-0.25, -0.2) is 0 Å². The molecule has 1 heterocycles. The van der Waals surface area contributed by atoms with Gasteiger partial charge in [-0.05, 0) is 50.2 Å². The Hall–Kier alpha value is 0.270. The molecular weight excluding hydrogens is 192 g/mol. The quantitative estimate of drug-likeness (QED) is 0.770. The highest BCUT2D eigenvalue weighted by Crippen LogP contribution is 2.35. The van der Waals surface area contributed by atoms with E-state index in [4.69, 9.17) is 5.73 Å². The van der Waals surface area contributed by atoms with E-state index in [1.54, 1.807) is 0 Å². The first-order valence-corrected chi connectivity index (χ1v) is 6.91. The largest absolute Gasteiger partial charge is 0.329 e. The average Bonchev–Trinajstić information content (AvgIpc) is 3.02. The lowest BCUT2D eigenvalue weighted by atomic mass is 9.90. The van der Waals surface area contributed by atoms with Gasteiger partial charge in [-0.3, -0.25) is 4.90 Å². The zero-order valence-electron chi connectivity index (χ0n) is 9.17. The topological polar surface area (TPSA) is 29.3 Å². The predicted octanol–water partition coefficient (Wildman–Crippen LogP) is 1.55. The Bertz CT molecular complexity index is 186. The summed E-state index contributed by atoms with van der Waals surface area (Å²) in [4.78, 5) is 2.56. The minimum atomic E-state index is 0.341. The molecular formula is C11H22N2S. The van der Waals surface area contributed by atoms with Gasteiger partial charge in [0.25, 0.3) is 0 Å². The summed E-state index contributed by atoms with van der Waals surface area (Å²) in [6, 6.07) is 0. The van der Waals surface area contributed by atoms with Gasteiger partial charge in [0.1, 0.15) is 0 Å². The fourth-order valence-corrected chi connectivity index (χ4v) is 3.63. The number of hydrogen-bond acceptors (Lipinski definition) is 3. The number of thioether (sulfide) groups is 1. The zero-order valence-corrected chi connectivity index (χ0v) is 9.98. The molecule has 0 aromatic heterocycles. The van der Waals surface area contributed by atoms with Crippen molar-refractivity contribution in [2.24, 2.45) is 11.7 Å². The summed E-state index contributed by atoms with van der Waals surface area (Å²) in [6.07, 6.45) is 5.47. The molecule has 2 rings (SSSR count). The minimum Gasteiger partial charge on any atom is -0.329 e. The second-order valence-electron chi connectivity index (χ2n) is 4.86. The number of hydrogen-bond donors (Lipinski definition) is 1. The summed E-state index contributed by atoms with van der Waals surface area (Å²) in [5.41, 5.74) is 6.33. The van der Waals surface area contributed by atoms with Crippen LogP contribution in [0.4, 0.5) is 0 Å². The van der Waals surface area contributed by atoms with Crippen LogP contribution in [0.2, 0.25) is 0 Å². The number of likely N-dealkylation sites (N-methyl/N-ethyl adjacent to an activating group) is 1. The summed E-state index contributed by atoms with van der Waals surface area (Å²) >= 11 is 2.08. The van der Waals surface area contributed by atoms with Gasteiger partial charge in [-0.15, -0.1) is 0 Å². The molecule has 82 valence electrons. The normalized spacial score (nSPS) is 26.8. The van der Waals surface area contributed by atoms with E-state index < -0.39 is 0 Å². The Morgan fingerprint density at radius 2 is 2.00 bits per heavy atom. The molecule has 2 N–H and O–H groups in total. The third-order valence-electron chi connectivity index (χ3n) is 3.84. The van der Waals surface area contributed by atoms with Gasteiger partial charge in [-0.2, -0.15) is 11.8 Å². The maximum atomic E-state index is 5.98. The van der Waals surface area contributed by atoms with E-state index in [2.05, 4.69) is 23.7 Å². The first kappa shape index (κ1) is 10.8. The SMILES string of the molecule is CN(CC1CC1)C1(CN)CCSCC1. The molecule has 1 aliphatic heterocycles. The van der Waals surface area contributed by atoms with Crippen molar-refractivity contribution in [3.8, 4) is 0 Å².